The highest BCUT2D eigenvalue weighted by Crippen LogP contribution is 2.34. The maximum atomic E-state index is 13.4. The third kappa shape index (κ3) is 4.19. The molecular formula is C24H23N3O2S. The van der Waals surface area contributed by atoms with E-state index in [-0.39, 0.29) is 12.3 Å². The van der Waals surface area contributed by atoms with Gasteiger partial charge in [-0.3, -0.25) is 14.7 Å². The van der Waals surface area contributed by atoms with Crippen molar-refractivity contribution < 1.29 is 9.53 Å². The van der Waals surface area contributed by atoms with Crippen molar-refractivity contribution >= 4 is 32.6 Å². The number of hydrogen-bond donors (Lipinski definition) is 0. The highest BCUT2D eigenvalue weighted by atomic mass is 32.1. The van der Waals surface area contributed by atoms with Crippen LogP contribution in [0.1, 0.15) is 22.4 Å². The smallest absolute Gasteiger partial charge is 0.233 e. The zero-order valence-electron chi connectivity index (χ0n) is 17.3. The molecule has 0 radical (unpaired) electrons. The number of fused-ring (bicyclic) bond motifs is 1. The van der Waals surface area contributed by atoms with E-state index in [1.165, 1.54) is 5.56 Å². The number of hydrogen-bond acceptors (Lipinski definition) is 5. The van der Waals surface area contributed by atoms with Crippen molar-refractivity contribution in [3.05, 3.63) is 83.2 Å². The Morgan fingerprint density at radius 1 is 1.03 bits per heavy atom. The van der Waals surface area contributed by atoms with E-state index in [2.05, 4.69) is 24.0 Å². The fourth-order valence-corrected chi connectivity index (χ4v) is 4.42. The minimum absolute atomic E-state index is 0.0137. The molecule has 4 aromatic rings. The fraction of sp³-hybridized carbons (Fsp3) is 0.208. The van der Waals surface area contributed by atoms with Crippen LogP contribution in [0, 0.1) is 13.8 Å². The van der Waals surface area contributed by atoms with E-state index >= 15 is 0 Å². The first-order chi connectivity index (χ1) is 14.5. The summed E-state index contributed by atoms with van der Waals surface area (Å²) in [5.74, 6) is 0.758. The molecule has 1 amide bonds. The van der Waals surface area contributed by atoms with Crippen LogP contribution in [0.2, 0.25) is 0 Å². The minimum atomic E-state index is -0.0137. The summed E-state index contributed by atoms with van der Waals surface area (Å²) >= 11 is 1.56. The first kappa shape index (κ1) is 20.0. The van der Waals surface area contributed by atoms with E-state index in [1.54, 1.807) is 29.5 Å². The number of thiazole rings is 1. The third-order valence-corrected chi connectivity index (χ3v) is 6.24. The first-order valence-corrected chi connectivity index (χ1v) is 10.6. The van der Waals surface area contributed by atoms with Gasteiger partial charge in [-0.1, -0.05) is 41.7 Å². The second-order valence-electron chi connectivity index (χ2n) is 7.20. The average molecular weight is 418 g/mol. The zero-order valence-corrected chi connectivity index (χ0v) is 18.1. The number of ether oxygens (including phenoxy) is 1. The van der Waals surface area contributed by atoms with Gasteiger partial charge in [0.05, 0.1) is 36.0 Å². The molecule has 2 aromatic heterocycles. The summed E-state index contributed by atoms with van der Waals surface area (Å²) in [6.07, 6.45) is 2.03. The van der Waals surface area contributed by atoms with Crippen molar-refractivity contribution in [3.8, 4) is 5.75 Å². The number of carbonyl (C=O) groups is 1. The largest absolute Gasteiger partial charge is 0.497 e. The van der Waals surface area contributed by atoms with E-state index in [9.17, 15) is 4.79 Å². The zero-order chi connectivity index (χ0) is 21.1. The Balaban J connectivity index is 1.69. The van der Waals surface area contributed by atoms with Crippen LogP contribution < -0.4 is 9.64 Å². The predicted octanol–water partition coefficient (Wildman–Crippen LogP) is 5.09. The Kier molecular flexibility index (Phi) is 5.77. The molecule has 0 saturated heterocycles. The van der Waals surface area contributed by atoms with Gasteiger partial charge >= 0.3 is 0 Å². The number of amides is 1. The summed E-state index contributed by atoms with van der Waals surface area (Å²) in [7, 11) is 1.63. The standard InChI is InChI=1S/C24H23N3O2S/c1-16-7-8-17(2)23-22(16)26-24(30-23)27(15-19-6-4-5-13-25-19)21(28)14-18-9-11-20(29-3)12-10-18/h4-13H,14-15H2,1-3H3. The van der Waals surface area contributed by atoms with Crippen molar-refractivity contribution in [3.63, 3.8) is 0 Å². The Morgan fingerprint density at radius 3 is 2.47 bits per heavy atom. The third-order valence-electron chi connectivity index (χ3n) is 5.02. The molecular weight excluding hydrogens is 394 g/mol. The number of aryl methyl sites for hydroxylation is 2. The summed E-state index contributed by atoms with van der Waals surface area (Å²) in [6, 6.07) is 17.5. The van der Waals surface area contributed by atoms with Crippen LogP contribution in [-0.2, 0) is 17.8 Å². The van der Waals surface area contributed by atoms with Gasteiger partial charge in [0, 0.05) is 6.20 Å². The van der Waals surface area contributed by atoms with Gasteiger partial charge in [-0.25, -0.2) is 4.98 Å². The fourth-order valence-electron chi connectivity index (χ4n) is 3.29. The molecule has 6 heteroatoms. The maximum absolute atomic E-state index is 13.4. The summed E-state index contributed by atoms with van der Waals surface area (Å²) in [6.45, 7) is 4.51. The van der Waals surface area contributed by atoms with Crippen molar-refractivity contribution in [2.24, 2.45) is 0 Å². The second-order valence-corrected chi connectivity index (χ2v) is 8.18. The van der Waals surface area contributed by atoms with Crippen molar-refractivity contribution in [2.45, 2.75) is 26.8 Å². The maximum Gasteiger partial charge on any atom is 0.233 e. The van der Waals surface area contributed by atoms with Crippen LogP contribution in [0.5, 0.6) is 5.75 Å². The molecule has 0 atom stereocenters. The Bertz CT molecular complexity index is 1130. The van der Waals surface area contributed by atoms with Gasteiger partial charge in [-0.2, -0.15) is 0 Å². The van der Waals surface area contributed by atoms with E-state index in [0.29, 0.717) is 11.7 Å². The van der Waals surface area contributed by atoms with Crippen LogP contribution in [0.3, 0.4) is 0 Å². The second kappa shape index (κ2) is 8.63. The monoisotopic (exact) mass is 417 g/mol. The van der Waals surface area contributed by atoms with Gasteiger partial charge in [0.15, 0.2) is 5.13 Å². The molecule has 0 aliphatic carbocycles. The molecule has 30 heavy (non-hydrogen) atoms. The molecule has 0 saturated carbocycles. The Hall–Kier alpha value is -3.25. The van der Waals surface area contributed by atoms with Gasteiger partial charge in [0.1, 0.15) is 5.75 Å². The number of carbonyl (C=O) groups excluding carboxylic acids is 1. The van der Waals surface area contributed by atoms with E-state index < -0.39 is 0 Å². The number of pyridine rings is 1. The molecule has 0 aliphatic heterocycles. The number of rotatable bonds is 6. The summed E-state index contributed by atoms with van der Waals surface area (Å²) in [5.41, 5.74) is 4.99. The van der Waals surface area contributed by atoms with Crippen LogP contribution in [-0.4, -0.2) is 23.0 Å². The average Bonchev–Trinajstić information content (AvgIpc) is 3.22. The Labute approximate surface area is 180 Å². The molecule has 5 nitrogen and oxygen atoms in total. The SMILES string of the molecule is COc1ccc(CC(=O)N(Cc2ccccn2)c2nc3c(C)ccc(C)c3s2)cc1. The van der Waals surface area contributed by atoms with E-state index in [1.807, 2.05) is 49.4 Å². The molecule has 2 heterocycles. The highest BCUT2D eigenvalue weighted by molar-refractivity contribution is 7.22. The van der Waals surface area contributed by atoms with Crippen molar-refractivity contribution in [1.29, 1.82) is 0 Å². The molecule has 0 N–H and O–H groups in total. The topological polar surface area (TPSA) is 55.3 Å². The lowest BCUT2D eigenvalue weighted by molar-refractivity contribution is -0.118. The van der Waals surface area contributed by atoms with Gasteiger partial charge < -0.3 is 4.74 Å². The number of methoxy groups -OCH3 is 1. The highest BCUT2D eigenvalue weighted by Gasteiger charge is 2.22. The van der Waals surface area contributed by atoms with Crippen molar-refractivity contribution in [1.82, 2.24) is 9.97 Å². The quantitative estimate of drug-likeness (QED) is 0.438. The van der Waals surface area contributed by atoms with E-state index in [4.69, 9.17) is 9.72 Å². The molecule has 4 rings (SSSR count). The van der Waals surface area contributed by atoms with Gasteiger partial charge in [-0.15, -0.1) is 0 Å². The Morgan fingerprint density at radius 2 is 1.80 bits per heavy atom. The summed E-state index contributed by atoms with van der Waals surface area (Å²) in [5, 5.41) is 0.701. The van der Waals surface area contributed by atoms with Crippen LogP contribution in [0.4, 0.5) is 5.13 Å². The lowest BCUT2D eigenvalue weighted by Gasteiger charge is -2.19. The van der Waals surface area contributed by atoms with Crippen molar-refractivity contribution in [2.75, 3.05) is 12.0 Å². The lowest BCUT2D eigenvalue weighted by atomic mass is 10.1. The van der Waals surface area contributed by atoms with Gasteiger partial charge in [-0.05, 0) is 54.8 Å². The molecule has 0 spiro atoms. The van der Waals surface area contributed by atoms with Gasteiger partial charge in [0.2, 0.25) is 5.91 Å². The van der Waals surface area contributed by atoms with Crippen LogP contribution >= 0.6 is 11.3 Å². The lowest BCUT2D eigenvalue weighted by Crippen LogP contribution is -2.32. The first-order valence-electron chi connectivity index (χ1n) is 9.75. The minimum Gasteiger partial charge on any atom is -0.497 e. The van der Waals surface area contributed by atoms with Crippen LogP contribution in [0.25, 0.3) is 10.2 Å². The summed E-state index contributed by atoms with van der Waals surface area (Å²) < 4.78 is 6.33. The van der Waals surface area contributed by atoms with Gasteiger partial charge in [0.25, 0.3) is 0 Å². The molecule has 2 aromatic carbocycles. The molecule has 152 valence electrons. The number of anilines is 1. The number of aromatic nitrogens is 2. The molecule has 0 fully saturated rings. The molecule has 0 bridgehead atoms. The van der Waals surface area contributed by atoms with E-state index in [0.717, 1.165) is 32.8 Å². The molecule has 0 aliphatic rings. The predicted molar refractivity (Wildman–Crippen MR) is 121 cm³/mol. The summed E-state index contributed by atoms with van der Waals surface area (Å²) in [4.78, 5) is 24.3. The molecule has 0 unspecified atom stereocenters. The number of nitrogens with zero attached hydrogens (tertiary/aromatic N) is 3. The van der Waals surface area contributed by atoms with Crippen LogP contribution in [0.15, 0.2) is 60.8 Å². The number of benzene rings is 2. The normalized spacial score (nSPS) is 10.9.